The van der Waals surface area contributed by atoms with Crippen LogP contribution in [0.5, 0.6) is 0 Å². The first-order valence-electron chi connectivity index (χ1n) is 7.90. The van der Waals surface area contributed by atoms with E-state index in [1.54, 1.807) is 0 Å². The van der Waals surface area contributed by atoms with E-state index in [0.717, 1.165) is 12.8 Å². The molecule has 3 rings (SSSR count). The van der Waals surface area contributed by atoms with Crippen LogP contribution >= 0.6 is 0 Å². The fraction of sp³-hybridized carbons (Fsp3) is 0.350. The Morgan fingerprint density at radius 3 is 2.09 bits per heavy atom. The molecule has 0 aromatic heterocycles. The van der Waals surface area contributed by atoms with Crippen molar-refractivity contribution >= 4 is 5.97 Å². The molecule has 22 heavy (non-hydrogen) atoms. The molecule has 1 aliphatic rings. The third kappa shape index (κ3) is 3.06. The van der Waals surface area contributed by atoms with E-state index in [2.05, 4.69) is 26.0 Å². The predicted octanol–water partition coefficient (Wildman–Crippen LogP) is 4.60. The van der Waals surface area contributed by atoms with E-state index in [1.165, 1.54) is 5.56 Å². The quantitative estimate of drug-likeness (QED) is 0.753. The number of hydrogen-bond acceptors (Lipinski definition) is 2. The molecule has 1 atom stereocenters. The van der Waals surface area contributed by atoms with Gasteiger partial charge in [0, 0.05) is 5.41 Å². The first-order valence-corrected chi connectivity index (χ1v) is 7.90. The largest absolute Gasteiger partial charge is 0.458 e. The highest BCUT2D eigenvalue weighted by molar-refractivity contribution is 5.89. The zero-order chi connectivity index (χ0) is 15.6. The molecule has 2 aromatic rings. The van der Waals surface area contributed by atoms with Gasteiger partial charge in [0.2, 0.25) is 0 Å². The van der Waals surface area contributed by atoms with Crippen LogP contribution in [0.15, 0.2) is 60.7 Å². The number of rotatable bonds is 5. The number of carbonyl (C=O) groups excluding carboxylic acids is 1. The minimum absolute atomic E-state index is 0.0809. The summed E-state index contributed by atoms with van der Waals surface area (Å²) in [5.41, 5.74) is 1.65. The van der Waals surface area contributed by atoms with E-state index in [1.807, 2.05) is 48.5 Å². The summed E-state index contributed by atoms with van der Waals surface area (Å²) in [6, 6.07) is 19.6. The van der Waals surface area contributed by atoms with Gasteiger partial charge in [-0.3, -0.25) is 0 Å². The van der Waals surface area contributed by atoms with Crippen molar-refractivity contribution in [2.24, 2.45) is 5.92 Å². The van der Waals surface area contributed by atoms with E-state index in [4.69, 9.17) is 4.74 Å². The van der Waals surface area contributed by atoms with E-state index < -0.39 is 0 Å². The van der Waals surface area contributed by atoms with Crippen LogP contribution < -0.4 is 0 Å². The summed E-state index contributed by atoms with van der Waals surface area (Å²) in [6.07, 6.45) is 2.20. The van der Waals surface area contributed by atoms with Crippen molar-refractivity contribution in [1.82, 2.24) is 0 Å². The molecule has 0 amide bonds. The van der Waals surface area contributed by atoms with Gasteiger partial charge in [0.05, 0.1) is 5.56 Å². The van der Waals surface area contributed by atoms with E-state index in [0.29, 0.717) is 11.5 Å². The lowest BCUT2D eigenvalue weighted by Crippen LogP contribution is -2.39. The van der Waals surface area contributed by atoms with Gasteiger partial charge in [0.1, 0.15) is 6.10 Å². The maximum absolute atomic E-state index is 12.4. The lowest BCUT2D eigenvalue weighted by atomic mass is 9.77. The first-order chi connectivity index (χ1) is 10.6. The van der Waals surface area contributed by atoms with Gasteiger partial charge in [-0.05, 0) is 36.5 Å². The van der Waals surface area contributed by atoms with Gasteiger partial charge < -0.3 is 4.74 Å². The number of ether oxygens (including phenoxy) is 1. The molecular weight excluding hydrogens is 272 g/mol. The monoisotopic (exact) mass is 294 g/mol. The van der Waals surface area contributed by atoms with Gasteiger partial charge in [-0.2, -0.15) is 0 Å². The SMILES string of the molecule is CC(C)(c1ccccc1)C(OC(=O)c1ccccc1)C1CC1. The number of carbonyl (C=O) groups is 1. The van der Waals surface area contributed by atoms with E-state index in [-0.39, 0.29) is 17.5 Å². The van der Waals surface area contributed by atoms with Crippen LogP contribution in [0.1, 0.15) is 42.6 Å². The molecule has 2 heteroatoms. The zero-order valence-electron chi connectivity index (χ0n) is 13.2. The Kier molecular flexibility index (Phi) is 4.02. The summed E-state index contributed by atoms with van der Waals surface area (Å²) in [6.45, 7) is 4.34. The molecule has 0 saturated heterocycles. The van der Waals surface area contributed by atoms with E-state index in [9.17, 15) is 4.79 Å². The molecule has 1 saturated carbocycles. The molecule has 1 aliphatic carbocycles. The minimum Gasteiger partial charge on any atom is -0.458 e. The van der Waals surface area contributed by atoms with Crippen LogP contribution in [-0.2, 0) is 10.2 Å². The Balaban J connectivity index is 1.83. The molecule has 0 N–H and O–H groups in total. The maximum Gasteiger partial charge on any atom is 0.338 e. The second-order valence-corrected chi connectivity index (χ2v) is 6.62. The Hall–Kier alpha value is -2.09. The summed E-state index contributed by atoms with van der Waals surface area (Å²) in [5, 5.41) is 0. The lowest BCUT2D eigenvalue weighted by molar-refractivity contribution is 0.00308. The topological polar surface area (TPSA) is 26.3 Å². The summed E-state index contributed by atoms with van der Waals surface area (Å²) in [7, 11) is 0. The Bertz CT molecular complexity index is 627. The maximum atomic E-state index is 12.4. The van der Waals surface area contributed by atoms with Gasteiger partial charge in [-0.15, -0.1) is 0 Å². The van der Waals surface area contributed by atoms with Crippen LogP contribution in [0.4, 0.5) is 0 Å². The average molecular weight is 294 g/mol. The van der Waals surface area contributed by atoms with Crippen molar-refractivity contribution in [3.05, 3.63) is 71.8 Å². The van der Waals surface area contributed by atoms with E-state index >= 15 is 0 Å². The smallest absolute Gasteiger partial charge is 0.338 e. The summed E-state index contributed by atoms with van der Waals surface area (Å²) >= 11 is 0. The molecule has 1 unspecified atom stereocenters. The second-order valence-electron chi connectivity index (χ2n) is 6.62. The third-order valence-corrected chi connectivity index (χ3v) is 4.52. The highest BCUT2D eigenvalue weighted by Gasteiger charge is 2.44. The van der Waals surface area contributed by atoms with Crippen molar-refractivity contribution in [3.8, 4) is 0 Å². The summed E-state index contributed by atoms with van der Waals surface area (Å²) in [4.78, 5) is 12.4. The van der Waals surface area contributed by atoms with Crippen LogP contribution in [0.25, 0.3) is 0 Å². The van der Waals surface area contributed by atoms with Gasteiger partial charge in [0.25, 0.3) is 0 Å². The van der Waals surface area contributed by atoms with Gasteiger partial charge in [-0.25, -0.2) is 4.79 Å². The molecule has 0 aliphatic heterocycles. The molecule has 2 aromatic carbocycles. The van der Waals surface area contributed by atoms with Crippen molar-refractivity contribution in [2.45, 2.75) is 38.2 Å². The highest BCUT2D eigenvalue weighted by Crippen LogP contribution is 2.44. The molecule has 0 radical (unpaired) electrons. The first kappa shape index (κ1) is 14.8. The lowest BCUT2D eigenvalue weighted by Gasteiger charge is -2.34. The van der Waals surface area contributed by atoms with Gasteiger partial charge >= 0.3 is 5.97 Å². The molecular formula is C20H22O2. The molecule has 2 nitrogen and oxygen atoms in total. The Labute approximate surface area is 132 Å². The molecule has 0 bridgehead atoms. The van der Waals surface area contributed by atoms with Crippen molar-refractivity contribution in [2.75, 3.05) is 0 Å². The Morgan fingerprint density at radius 1 is 1.00 bits per heavy atom. The standard InChI is InChI=1S/C20H22O2/c1-20(2,17-11-7-4-8-12-17)18(15-13-14-15)22-19(21)16-9-5-3-6-10-16/h3-12,15,18H,13-14H2,1-2H3. The van der Waals surface area contributed by atoms with Crippen molar-refractivity contribution in [1.29, 1.82) is 0 Å². The zero-order valence-corrected chi connectivity index (χ0v) is 13.2. The number of benzene rings is 2. The normalized spacial score (nSPS) is 16.1. The van der Waals surface area contributed by atoms with Crippen LogP contribution in [-0.4, -0.2) is 12.1 Å². The van der Waals surface area contributed by atoms with Crippen LogP contribution in [0.3, 0.4) is 0 Å². The molecule has 0 spiro atoms. The highest BCUT2D eigenvalue weighted by atomic mass is 16.5. The van der Waals surface area contributed by atoms with Crippen molar-refractivity contribution < 1.29 is 9.53 Å². The van der Waals surface area contributed by atoms with Gasteiger partial charge in [-0.1, -0.05) is 62.4 Å². The number of esters is 1. The Morgan fingerprint density at radius 2 is 1.55 bits per heavy atom. The summed E-state index contributed by atoms with van der Waals surface area (Å²) in [5.74, 6) is 0.254. The number of hydrogen-bond donors (Lipinski definition) is 0. The summed E-state index contributed by atoms with van der Waals surface area (Å²) < 4.78 is 5.94. The fourth-order valence-electron chi connectivity index (χ4n) is 3.02. The molecule has 1 fully saturated rings. The fourth-order valence-corrected chi connectivity index (χ4v) is 3.02. The molecule has 114 valence electrons. The van der Waals surface area contributed by atoms with Crippen LogP contribution in [0, 0.1) is 5.92 Å². The predicted molar refractivity (Wildman–Crippen MR) is 87.8 cm³/mol. The third-order valence-electron chi connectivity index (χ3n) is 4.52. The van der Waals surface area contributed by atoms with Crippen molar-refractivity contribution in [3.63, 3.8) is 0 Å². The molecule has 0 heterocycles. The average Bonchev–Trinajstić information content (AvgIpc) is 3.38. The van der Waals surface area contributed by atoms with Crippen LogP contribution in [0.2, 0.25) is 0 Å². The van der Waals surface area contributed by atoms with Gasteiger partial charge in [0.15, 0.2) is 0 Å². The second kappa shape index (κ2) is 5.96. The minimum atomic E-state index is -0.221.